The Hall–Kier alpha value is -4.33. The van der Waals surface area contributed by atoms with Crippen molar-refractivity contribution in [2.45, 2.75) is 39.7 Å². The topological polar surface area (TPSA) is 82.9 Å². The Bertz CT molecular complexity index is 1530. The summed E-state index contributed by atoms with van der Waals surface area (Å²) < 4.78 is 18.4. The molecule has 3 aromatic carbocycles. The number of hydrogen-bond acceptors (Lipinski definition) is 6. The van der Waals surface area contributed by atoms with Gasteiger partial charge in [0.1, 0.15) is 11.6 Å². The molecule has 0 fully saturated rings. The number of hydrogen-bond donors (Lipinski definition) is 0. The van der Waals surface area contributed by atoms with Gasteiger partial charge in [-0.05, 0) is 62.7 Å². The Morgan fingerprint density at radius 2 is 1.82 bits per heavy atom. The van der Waals surface area contributed by atoms with Crippen LogP contribution in [0.1, 0.15) is 55.8 Å². The fraction of sp³-hybridized carbons (Fsp3) is 0.300. The number of aromatic nitrogens is 2. The van der Waals surface area contributed by atoms with Gasteiger partial charge in [-0.3, -0.25) is 14.2 Å². The number of rotatable bonds is 9. The van der Waals surface area contributed by atoms with Gasteiger partial charge in [-0.15, -0.1) is 0 Å². The zero-order valence-corrected chi connectivity index (χ0v) is 21.8. The maximum absolute atomic E-state index is 13.9. The van der Waals surface area contributed by atoms with Crippen LogP contribution in [0.3, 0.4) is 0 Å². The van der Waals surface area contributed by atoms with Crippen LogP contribution in [0.2, 0.25) is 0 Å². The van der Waals surface area contributed by atoms with E-state index in [9.17, 15) is 9.59 Å². The lowest BCUT2D eigenvalue weighted by molar-refractivity contribution is 0.0677. The number of nitrogens with zero attached hydrogens (tertiary/aromatic N) is 3. The fourth-order valence-corrected chi connectivity index (χ4v) is 4.72. The first-order valence-electron chi connectivity index (χ1n) is 13.0. The lowest BCUT2D eigenvalue weighted by atomic mass is 10.1. The van der Waals surface area contributed by atoms with Crippen LogP contribution in [0.15, 0.2) is 71.5 Å². The van der Waals surface area contributed by atoms with Gasteiger partial charge < -0.3 is 19.1 Å². The quantitative estimate of drug-likeness (QED) is 0.293. The molecule has 1 unspecified atom stereocenters. The van der Waals surface area contributed by atoms with E-state index < -0.39 is 6.04 Å². The van der Waals surface area contributed by atoms with Gasteiger partial charge in [-0.1, -0.05) is 37.6 Å². The van der Waals surface area contributed by atoms with Crippen molar-refractivity contribution in [3.8, 4) is 22.9 Å². The normalized spacial score (nSPS) is 12.9. The molecule has 0 saturated carbocycles. The van der Waals surface area contributed by atoms with E-state index in [4.69, 9.17) is 19.2 Å². The summed E-state index contributed by atoms with van der Waals surface area (Å²) in [4.78, 5) is 34.6. The molecule has 0 N–H and O–H groups in total. The molecule has 2 heterocycles. The largest absolute Gasteiger partial charge is 0.492 e. The SMILES string of the molecule is CCCCN(C(=O)c1ccc2c(c1)OCO2)C(C)c1nc2ccccc2c(=O)n1-c1ccccc1OCC. The van der Waals surface area contributed by atoms with Crippen molar-refractivity contribution < 1.29 is 19.0 Å². The lowest BCUT2D eigenvalue weighted by Crippen LogP contribution is -2.38. The van der Waals surface area contributed by atoms with Gasteiger partial charge in [0, 0.05) is 12.1 Å². The standard InChI is InChI=1S/C30H31N3O5/c1-4-6-17-32(29(34)21-15-16-26-27(18-21)38-19-37-26)20(3)28-31-23-12-8-7-11-22(23)30(35)33(28)24-13-9-10-14-25(24)36-5-2/h7-16,18,20H,4-6,17,19H2,1-3H3. The maximum Gasteiger partial charge on any atom is 0.266 e. The molecular formula is C30H31N3O5. The summed E-state index contributed by atoms with van der Waals surface area (Å²) >= 11 is 0. The van der Waals surface area contributed by atoms with Crippen LogP contribution in [-0.4, -0.2) is 40.3 Å². The van der Waals surface area contributed by atoms with E-state index in [1.165, 1.54) is 0 Å². The monoisotopic (exact) mass is 513 g/mol. The minimum absolute atomic E-state index is 0.134. The third-order valence-electron chi connectivity index (χ3n) is 6.68. The highest BCUT2D eigenvalue weighted by Crippen LogP contribution is 2.34. The molecule has 0 saturated heterocycles. The van der Waals surface area contributed by atoms with Crippen molar-refractivity contribution in [1.29, 1.82) is 0 Å². The molecule has 8 nitrogen and oxygen atoms in total. The van der Waals surface area contributed by atoms with E-state index in [-0.39, 0.29) is 18.3 Å². The Morgan fingerprint density at radius 1 is 1.05 bits per heavy atom. The molecule has 1 aliphatic heterocycles. The molecule has 1 amide bonds. The third-order valence-corrected chi connectivity index (χ3v) is 6.68. The molecule has 1 aromatic heterocycles. The van der Waals surface area contributed by atoms with Gasteiger partial charge in [0.25, 0.3) is 11.5 Å². The molecule has 1 atom stereocenters. The highest BCUT2D eigenvalue weighted by molar-refractivity contribution is 5.95. The Kier molecular flexibility index (Phi) is 7.31. The van der Waals surface area contributed by atoms with Gasteiger partial charge >= 0.3 is 0 Å². The average molecular weight is 514 g/mol. The van der Waals surface area contributed by atoms with Crippen molar-refractivity contribution in [2.24, 2.45) is 0 Å². The highest BCUT2D eigenvalue weighted by atomic mass is 16.7. The minimum Gasteiger partial charge on any atom is -0.492 e. The van der Waals surface area contributed by atoms with Gasteiger partial charge in [0.2, 0.25) is 6.79 Å². The summed E-state index contributed by atoms with van der Waals surface area (Å²) in [5, 5.41) is 0.497. The fourth-order valence-electron chi connectivity index (χ4n) is 4.72. The van der Waals surface area contributed by atoms with E-state index in [0.717, 1.165) is 12.8 Å². The smallest absolute Gasteiger partial charge is 0.266 e. The van der Waals surface area contributed by atoms with Crippen molar-refractivity contribution in [2.75, 3.05) is 19.9 Å². The summed E-state index contributed by atoms with van der Waals surface area (Å²) in [7, 11) is 0. The van der Waals surface area contributed by atoms with E-state index in [1.54, 1.807) is 33.7 Å². The zero-order chi connectivity index (χ0) is 26.6. The van der Waals surface area contributed by atoms with E-state index in [2.05, 4.69) is 6.92 Å². The minimum atomic E-state index is -0.522. The number of fused-ring (bicyclic) bond motifs is 2. The van der Waals surface area contributed by atoms with Crippen LogP contribution in [0, 0.1) is 0 Å². The van der Waals surface area contributed by atoms with Crippen LogP contribution in [0.4, 0.5) is 0 Å². The lowest BCUT2D eigenvalue weighted by Gasteiger charge is -2.31. The van der Waals surface area contributed by atoms with Gasteiger partial charge in [-0.25, -0.2) is 4.98 Å². The second kappa shape index (κ2) is 11.0. The number of ether oxygens (including phenoxy) is 3. The molecule has 0 aliphatic carbocycles. The third kappa shape index (κ3) is 4.69. The van der Waals surface area contributed by atoms with Crippen molar-refractivity contribution in [3.63, 3.8) is 0 Å². The molecule has 8 heteroatoms. The predicted octanol–water partition coefficient (Wildman–Crippen LogP) is 5.52. The first kappa shape index (κ1) is 25.3. The van der Waals surface area contributed by atoms with Crippen molar-refractivity contribution in [3.05, 3.63) is 88.5 Å². The number of unbranched alkanes of at least 4 members (excludes halogenated alkanes) is 1. The van der Waals surface area contributed by atoms with Crippen molar-refractivity contribution >= 4 is 16.8 Å². The molecule has 0 radical (unpaired) electrons. The summed E-state index contributed by atoms with van der Waals surface area (Å²) in [5.41, 5.74) is 1.44. The predicted molar refractivity (Wildman–Crippen MR) is 145 cm³/mol. The Labute approximate surface area is 221 Å². The molecule has 5 rings (SSSR count). The van der Waals surface area contributed by atoms with E-state index in [0.29, 0.717) is 58.4 Å². The molecule has 1 aliphatic rings. The number of benzene rings is 3. The van der Waals surface area contributed by atoms with E-state index in [1.807, 2.05) is 56.3 Å². The zero-order valence-electron chi connectivity index (χ0n) is 21.8. The number of carbonyl (C=O) groups excluding carboxylic acids is 1. The van der Waals surface area contributed by atoms with Crippen LogP contribution >= 0.6 is 0 Å². The van der Waals surface area contributed by atoms with Crippen molar-refractivity contribution in [1.82, 2.24) is 14.5 Å². The van der Waals surface area contributed by atoms with Gasteiger partial charge in [0.15, 0.2) is 11.5 Å². The number of carbonyl (C=O) groups is 1. The van der Waals surface area contributed by atoms with Crippen LogP contribution in [0.5, 0.6) is 17.2 Å². The molecule has 196 valence electrons. The molecule has 38 heavy (non-hydrogen) atoms. The highest BCUT2D eigenvalue weighted by Gasteiger charge is 2.29. The molecular weight excluding hydrogens is 482 g/mol. The van der Waals surface area contributed by atoms with Crippen LogP contribution in [0.25, 0.3) is 16.6 Å². The Morgan fingerprint density at radius 3 is 2.63 bits per heavy atom. The first-order chi connectivity index (χ1) is 18.5. The van der Waals surface area contributed by atoms with Gasteiger partial charge in [0.05, 0.1) is 29.2 Å². The summed E-state index contributed by atoms with van der Waals surface area (Å²) in [6, 6.07) is 19.4. The second-order valence-electron chi connectivity index (χ2n) is 9.12. The first-order valence-corrected chi connectivity index (χ1v) is 13.0. The molecule has 0 spiro atoms. The molecule has 4 aromatic rings. The summed E-state index contributed by atoms with van der Waals surface area (Å²) in [5.74, 6) is 2.03. The van der Waals surface area contributed by atoms with Crippen LogP contribution < -0.4 is 19.8 Å². The second-order valence-corrected chi connectivity index (χ2v) is 9.12. The van der Waals surface area contributed by atoms with E-state index >= 15 is 0 Å². The summed E-state index contributed by atoms with van der Waals surface area (Å²) in [6.45, 7) is 6.98. The number of amides is 1. The maximum atomic E-state index is 13.9. The Balaban J connectivity index is 1.67. The van der Waals surface area contributed by atoms with Gasteiger partial charge in [-0.2, -0.15) is 0 Å². The summed E-state index contributed by atoms with van der Waals surface area (Å²) in [6.07, 6.45) is 1.71. The average Bonchev–Trinajstić information content (AvgIpc) is 3.42. The molecule has 0 bridgehead atoms. The number of para-hydroxylation sites is 3. The van der Waals surface area contributed by atoms with Crippen LogP contribution in [-0.2, 0) is 0 Å².